The summed E-state index contributed by atoms with van der Waals surface area (Å²) in [5.74, 6) is 1.45. The number of hydrogen-bond donors (Lipinski definition) is 0. The van der Waals surface area contributed by atoms with Crippen LogP contribution in [0.4, 0.5) is 0 Å². The number of benzene rings is 2. The van der Waals surface area contributed by atoms with E-state index in [0.29, 0.717) is 5.92 Å². The molecule has 4 rings (SSSR count). The molecule has 1 aliphatic carbocycles. The molecule has 3 heteroatoms. The van der Waals surface area contributed by atoms with E-state index >= 15 is 0 Å². The molecule has 0 fully saturated rings. The third kappa shape index (κ3) is 7.16. The Bertz CT molecular complexity index is 849. The van der Waals surface area contributed by atoms with Gasteiger partial charge in [0.15, 0.2) is 0 Å². The maximum Gasteiger partial charge on any atom is 4.00 e. The van der Waals surface area contributed by atoms with Crippen LogP contribution in [0.2, 0.25) is 0 Å². The van der Waals surface area contributed by atoms with Crippen LogP contribution >= 0.6 is 0 Å². The molecule has 0 nitrogen and oxygen atoms in total. The van der Waals surface area contributed by atoms with Gasteiger partial charge in [-0.2, -0.15) is 42.0 Å². The molecule has 0 saturated carbocycles. The SMILES string of the molecule is Cc1cc2c(cc1C)-c1ccc(CC(C)C(C)C)[c-]c1C2.[Cl-].[Cl-].[Zr+4].c1cc[cH-]c1. The van der Waals surface area contributed by atoms with E-state index in [1.165, 1.54) is 38.9 Å². The van der Waals surface area contributed by atoms with Gasteiger partial charge in [-0.3, -0.25) is 0 Å². The standard InChI is InChI=1S/C21H25.C5H5.2ClH.Zr/c1-13(2)14(3)8-17-6-7-20-19(11-17)12-18-9-15(4)16(5)10-21(18)20;1-2-4-5-3-1;;;/h6-7,9-10,13-14H,8,12H2,1-5H3;1-5H;2*1H;/q2*-1;;;+4/p-2. The van der Waals surface area contributed by atoms with Crippen LogP contribution in [0.1, 0.15) is 48.6 Å². The Morgan fingerprint density at radius 1 is 0.931 bits per heavy atom. The second-order valence-electron chi connectivity index (χ2n) is 8.03. The summed E-state index contributed by atoms with van der Waals surface area (Å²) in [6, 6.07) is 23.0. The van der Waals surface area contributed by atoms with Crippen LogP contribution in [0.3, 0.4) is 0 Å². The Morgan fingerprint density at radius 3 is 2.10 bits per heavy atom. The van der Waals surface area contributed by atoms with Gasteiger partial charge in [0.25, 0.3) is 0 Å². The largest absolute Gasteiger partial charge is 4.00 e. The molecule has 0 heterocycles. The number of aryl methyl sites for hydroxylation is 2. The van der Waals surface area contributed by atoms with Crippen molar-refractivity contribution in [1.82, 2.24) is 0 Å². The van der Waals surface area contributed by atoms with Crippen molar-refractivity contribution in [2.75, 3.05) is 0 Å². The molecule has 0 aromatic heterocycles. The van der Waals surface area contributed by atoms with Crippen molar-refractivity contribution in [3.05, 3.63) is 88.5 Å². The molecular weight excluding hydrogens is 474 g/mol. The van der Waals surface area contributed by atoms with E-state index in [-0.39, 0.29) is 51.0 Å². The predicted octanol–water partition coefficient (Wildman–Crippen LogP) is 0.920. The van der Waals surface area contributed by atoms with E-state index in [9.17, 15) is 0 Å². The van der Waals surface area contributed by atoms with Crippen molar-refractivity contribution in [2.45, 2.75) is 47.5 Å². The van der Waals surface area contributed by atoms with Crippen LogP contribution in [-0.2, 0) is 39.0 Å². The first-order valence-corrected chi connectivity index (χ1v) is 9.77. The zero-order valence-electron chi connectivity index (χ0n) is 18.0. The van der Waals surface area contributed by atoms with Crippen LogP contribution in [-0.4, -0.2) is 0 Å². The van der Waals surface area contributed by atoms with E-state index in [0.717, 1.165) is 18.8 Å². The molecule has 3 aromatic carbocycles. The summed E-state index contributed by atoms with van der Waals surface area (Å²) in [4.78, 5) is 0. The average molecular weight is 505 g/mol. The Balaban J connectivity index is 0.000000863. The van der Waals surface area contributed by atoms with Gasteiger partial charge in [-0.1, -0.05) is 38.5 Å². The van der Waals surface area contributed by atoms with E-state index in [1.54, 1.807) is 0 Å². The van der Waals surface area contributed by atoms with Crippen molar-refractivity contribution < 1.29 is 51.0 Å². The monoisotopic (exact) mass is 502 g/mol. The van der Waals surface area contributed by atoms with Crippen molar-refractivity contribution >= 4 is 0 Å². The smallest absolute Gasteiger partial charge is 1.00 e. The van der Waals surface area contributed by atoms with Crippen molar-refractivity contribution in [3.63, 3.8) is 0 Å². The third-order valence-corrected chi connectivity index (χ3v) is 5.70. The van der Waals surface area contributed by atoms with Crippen LogP contribution < -0.4 is 24.8 Å². The Morgan fingerprint density at radius 2 is 1.55 bits per heavy atom. The Hall–Kier alpha value is -0.747. The van der Waals surface area contributed by atoms with Crippen LogP contribution in [0.5, 0.6) is 0 Å². The predicted molar refractivity (Wildman–Crippen MR) is 113 cm³/mol. The summed E-state index contributed by atoms with van der Waals surface area (Å²) in [6.07, 6.45) is 2.19. The third-order valence-electron chi connectivity index (χ3n) is 5.70. The maximum absolute atomic E-state index is 3.70. The summed E-state index contributed by atoms with van der Waals surface area (Å²) in [6.45, 7) is 11.4. The van der Waals surface area contributed by atoms with Crippen LogP contribution in [0, 0.1) is 31.7 Å². The zero-order valence-corrected chi connectivity index (χ0v) is 22.0. The molecule has 29 heavy (non-hydrogen) atoms. The Labute approximate surface area is 208 Å². The van der Waals surface area contributed by atoms with Gasteiger partial charge in [0, 0.05) is 0 Å². The molecule has 0 spiro atoms. The number of halogens is 2. The summed E-state index contributed by atoms with van der Waals surface area (Å²) in [7, 11) is 0. The minimum atomic E-state index is 0. The topological polar surface area (TPSA) is 0 Å². The van der Waals surface area contributed by atoms with Crippen molar-refractivity contribution in [1.29, 1.82) is 0 Å². The summed E-state index contributed by atoms with van der Waals surface area (Å²) in [5, 5.41) is 0. The van der Waals surface area contributed by atoms with Gasteiger partial charge in [0.2, 0.25) is 0 Å². The van der Waals surface area contributed by atoms with Gasteiger partial charge in [0.05, 0.1) is 0 Å². The molecule has 152 valence electrons. The quantitative estimate of drug-likeness (QED) is 0.364. The second-order valence-corrected chi connectivity index (χ2v) is 8.03. The Kier molecular flexibility index (Phi) is 12.5. The summed E-state index contributed by atoms with van der Waals surface area (Å²) >= 11 is 0. The number of rotatable bonds is 3. The van der Waals surface area contributed by atoms with E-state index in [2.05, 4.69) is 65.0 Å². The average Bonchev–Trinajstić information content (AvgIpc) is 3.26. The first-order valence-electron chi connectivity index (χ1n) is 9.77. The molecule has 0 N–H and O–H groups in total. The molecule has 1 atom stereocenters. The van der Waals surface area contributed by atoms with E-state index in [1.807, 2.05) is 30.3 Å². The van der Waals surface area contributed by atoms with Crippen molar-refractivity contribution in [3.8, 4) is 11.1 Å². The summed E-state index contributed by atoms with van der Waals surface area (Å²) in [5.41, 5.74) is 9.84. The first-order chi connectivity index (χ1) is 12.5. The molecular formula is C26H30Cl2Zr. The van der Waals surface area contributed by atoms with Gasteiger partial charge >= 0.3 is 26.2 Å². The fourth-order valence-corrected chi connectivity index (χ4v) is 3.46. The normalized spacial score (nSPS) is 11.7. The molecule has 3 aromatic rings. The van der Waals surface area contributed by atoms with Crippen LogP contribution in [0.15, 0.2) is 54.6 Å². The molecule has 1 unspecified atom stereocenters. The van der Waals surface area contributed by atoms with Gasteiger partial charge in [-0.05, 0) is 55.2 Å². The molecule has 0 aliphatic heterocycles. The fraction of sp³-hybridized carbons (Fsp3) is 0.346. The van der Waals surface area contributed by atoms with Gasteiger partial charge in [0.1, 0.15) is 0 Å². The number of fused-ring (bicyclic) bond motifs is 3. The first kappa shape index (κ1) is 28.3. The van der Waals surface area contributed by atoms with Gasteiger partial charge < -0.3 is 24.8 Å². The van der Waals surface area contributed by atoms with Crippen molar-refractivity contribution in [2.24, 2.45) is 11.8 Å². The molecule has 0 amide bonds. The maximum atomic E-state index is 3.70. The minimum Gasteiger partial charge on any atom is -1.00 e. The molecule has 0 bridgehead atoms. The molecule has 0 saturated heterocycles. The van der Waals surface area contributed by atoms with E-state index < -0.39 is 0 Å². The van der Waals surface area contributed by atoms with E-state index in [4.69, 9.17) is 0 Å². The summed E-state index contributed by atoms with van der Waals surface area (Å²) < 4.78 is 0. The fourth-order valence-electron chi connectivity index (χ4n) is 3.46. The zero-order chi connectivity index (χ0) is 18.7. The molecule has 0 radical (unpaired) electrons. The number of hydrogen-bond acceptors (Lipinski definition) is 0. The second kappa shape index (κ2) is 12.8. The minimum absolute atomic E-state index is 0. The van der Waals surface area contributed by atoms with Crippen LogP contribution in [0.25, 0.3) is 11.1 Å². The van der Waals surface area contributed by atoms with Gasteiger partial charge in [-0.25, -0.2) is 12.1 Å². The molecule has 1 aliphatic rings. The van der Waals surface area contributed by atoms with Gasteiger partial charge in [-0.15, -0.1) is 11.1 Å².